The van der Waals surface area contributed by atoms with E-state index in [0.717, 1.165) is 13.1 Å². The van der Waals surface area contributed by atoms with Crippen LogP contribution < -0.4 is 11.1 Å². The van der Waals surface area contributed by atoms with Gasteiger partial charge in [-0.15, -0.1) is 0 Å². The molecule has 4 nitrogen and oxygen atoms in total. The molecule has 1 aliphatic rings. The molecule has 1 aliphatic heterocycles. The van der Waals surface area contributed by atoms with Crippen LogP contribution in [0.2, 0.25) is 0 Å². The summed E-state index contributed by atoms with van der Waals surface area (Å²) < 4.78 is 0. The molecule has 0 aromatic carbocycles. The maximum atomic E-state index is 10.8. The third-order valence-corrected chi connectivity index (χ3v) is 1.88. The van der Waals surface area contributed by atoms with Crippen LogP contribution in [0.5, 0.6) is 0 Å². The van der Waals surface area contributed by atoms with Gasteiger partial charge in [0.25, 0.3) is 0 Å². The average Bonchev–Trinajstić information content (AvgIpc) is 1.85. The van der Waals surface area contributed by atoms with Crippen LogP contribution >= 0.6 is 0 Å². The first-order chi connectivity index (χ1) is 5.01. The number of carbonyl (C=O) groups is 1. The van der Waals surface area contributed by atoms with E-state index in [1.807, 2.05) is 0 Å². The summed E-state index contributed by atoms with van der Waals surface area (Å²) in [6.07, 6.45) is 0. The number of hydrogen-bond acceptors (Lipinski definition) is 2. The monoisotopic (exact) mass is 157 g/mol. The van der Waals surface area contributed by atoms with Crippen LogP contribution in [0.4, 0.5) is 4.79 Å². The minimum Gasteiger partial charge on any atom is -0.351 e. The summed E-state index contributed by atoms with van der Waals surface area (Å²) in [5, 5.41) is 3.29. The molecule has 0 unspecified atom stereocenters. The molecular weight excluding hydrogens is 142 g/mol. The number of nitrogens with zero attached hydrogens (tertiary/aromatic N) is 1. The molecule has 2 amide bonds. The Labute approximate surface area is 66.7 Å². The van der Waals surface area contributed by atoms with Crippen molar-refractivity contribution in [2.75, 3.05) is 19.6 Å². The fourth-order valence-electron chi connectivity index (χ4n) is 1.33. The Bertz CT molecular complexity index is 167. The van der Waals surface area contributed by atoms with E-state index in [-0.39, 0.29) is 11.6 Å². The Kier molecular flexibility index (Phi) is 2.04. The van der Waals surface area contributed by atoms with Crippen molar-refractivity contribution < 1.29 is 4.79 Å². The van der Waals surface area contributed by atoms with Crippen molar-refractivity contribution in [3.05, 3.63) is 0 Å². The minimum atomic E-state index is -0.320. The van der Waals surface area contributed by atoms with E-state index in [4.69, 9.17) is 5.73 Å². The van der Waals surface area contributed by atoms with Gasteiger partial charge in [0.2, 0.25) is 0 Å². The standard InChI is InChI=1S/C7H15N3O/c1-7(2)5-10(6(8)11)4-3-9-7/h9H,3-5H2,1-2H3,(H2,8,11). The molecule has 3 N–H and O–H groups in total. The largest absolute Gasteiger partial charge is 0.351 e. The molecule has 0 atom stereocenters. The summed E-state index contributed by atoms with van der Waals surface area (Å²) in [4.78, 5) is 12.4. The van der Waals surface area contributed by atoms with Gasteiger partial charge in [-0.05, 0) is 13.8 Å². The lowest BCUT2D eigenvalue weighted by molar-refractivity contribution is 0.162. The molecule has 1 heterocycles. The van der Waals surface area contributed by atoms with Gasteiger partial charge >= 0.3 is 6.03 Å². The smallest absolute Gasteiger partial charge is 0.314 e. The number of carbonyl (C=O) groups excluding carboxylic acids is 1. The van der Waals surface area contributed by atoms with Gasteiger partial charge in [-0.3, -0.25) is 0 Å². The minimum absolute atomic E-state index is 0.00722. The number of nitrogens with one attached hydrogen (secondary N) is 1. The highest BCUT2D eigenvalue weighted by molar-refractivity contribution is 5.72. The zero-order valence-electron chi connectivity index (χ0n) is 7.05. The number of rotatable bonds is 0. The van der Waals surface area contributed by atoms with Crippen LogP contribution in [0.25, 0.3) is 0 Å². The van der Waals surface area contributed by atoms with E-state index in [1.165, 1.54) is 0 Å². The first-order valence-electron chi connectivity index (χ1n) is 3.81. The summed E-state index contributed by atoms with van der Waals surface area (Å²) in [6.45, 7) is 6.36. The van der Waals surface area contributed by atoms with Crippen LogP contribution in [0.15, 0.2) is 0 Å². The number of nitrogens with two attached hydrogens (primary N) is 1. The molecule has 0 radical (unpaired) electrons. The van der Waals surface area contributed by atoms with Crippen LogP contribution in [0, 0.1) is 0 Å². The maximum Gasteiger partial charge on any atom is 0.314 e. The molecule has 0 bridgehead atoms. The van der Waals surface area contributed by atoms with Crippen molar-refractivity contribution >= 4 is 6.03 Å². The molecule has 0 aromatic heterocycles. The van der Waals surface area contributed by atoms with Gasteiger partial charge in [-0.25, -0.2) is 4.79 Å². The molecule has 1 saturated heterocycles. The summed E-state index contributed by atoms with van der Waals surface area (Å²) >= 11 is 0. The highest BCUT2D eigenvalue weighted by Gasteiger charge is 2.26. The SMILES string of the molecule is CC1(C)CN(C(N)=O)CCN1. The number of primary amides is 1. The Morgan fingerprint density at radius 1 is 1.64 bits per heavy atom. The van der Waals surface area contributed by atoms with Crippen molar-refractivity contribution in [1.29, 1.82) is 0 Å². The van der Waals surface area contributed by atoms with E-state index in [0.29, 0.717) is 6.54 Å². The Morgan fingerprint density at radius 3 is 2.64 bits per heavy atom. The Balaban J connectivity index is 2.53. The lowest BCUT2D eigenvalue weighted by Crippen LogP contribution is -2.59. The maximum absolute atomic E-state index is 10.8. The third kappa shape index (κ3) is 2.08. The average molecular weight is 157 g/mol. The molecule has 4 heteroatoms. The number of hydrogen-bond donors (Lipinski definition) is 2. The van der Waals surface area contributed by atoms with Crippen molar-refractivity contribution in [2.24, 2.45) is 5.73 Å². The molecule has 11 heavy (non-hydrogen) atoms. The van der Waals surface area contributed by atoms with E-state index in [1.54, 1.807) is 4.90 Å². The zero-order valence-corrected chi connectivity index (χ0v) is 7.05. The number of amides is 2. The summed E-state index contributed by atoms with van der Waals surface area (Å²) in [5.74, 6) is 0. The lowest BCUT2D eigenvalue weighted by Gasteiger charge is -2.38. The molecule has 0 saturated carbocycles. The van der Waals surface area contributed by atoms with Gasteiger partial charge in [-0.1, -0.05) is 0 Å². The van der Waals surface area contributed by atoms with Crippen molar-refractivity contribution in [2.45, 2.75) is 19.4 Å². The topological polar surface area (TPSA) is 58.4 Å². The molecule has 1 rings (SSSR count). The van der Waals surface area contributed by atoms with Gasteiger partial charge in [0.15, 0.2) is 0 Å². The van der Waals surface area contributed by atoms with E-state index < -0.39 is 0 Å². The first kappa shape index (κ1) is 8.33. The molecule has 1 fully saturated rings. The molecule has 0 aliphatic carbocycles. The predicted octanol–water partition coefficient (Wildman–Crippen LogP) is -0.251. The van der Waals surface area contributed by atoms with Gasteiger partial charge < -0.3 is 16.0 Å². The van der Waals surface area contributed by atoms with E-state index in [9.17, 15) is 4.79 Å². The Hall–Kier alpha value is -0.770. The Morgan fingerprint density at radius 2 is 2.27 bits per heavy atom. The van der Waals surface area contributed by atoms with E-state index in [2.05, 4.69) is 19.2 Å². The first-order valence-corrected chi connectivity index (χ1v) is 3.81. The quantitative estimate of drug-likeness (QED) is 0.509. The second kappa shape index (κ2) is 2.70. The third-order valence-electron chi connectivity index (χ3n) is 1.88. The summed E-state index contributed by atoms with van der Waals surface area (Å²) in [5.41, 5.74) is 5.15. The second-order valence-electron chi connectivity index (χ2n) is 3.57. The highest BCUT2D eigenvalue weighted by Crippen LogP contribution is 2.08. The van der Waals surface area contributed by atoms with Crippen molar-refractivity contribution in [3.8, 4) is 0 Å². The fourth-order valence-corrected chi connectivity index (χ4v) is 1.33. The fraction of sp³-hybridized carbons (Fsp3) is 0.857. The van der Waals surface area contributed by atoms with Gasteiger partial charge in [0.1, 0.15) is 0 Å². The van der Waals surface area contributed by atoms with E-state index >= 15 is 0 Å². The van der Waals surface area contributed by atoms with Crippen LogP contribution in [0.1, 0.15) is 13.8 Å². The lowest BCUT2D eigenvalue weighted by atomic mass is 10.0. The van der Waals surface area contributed by atoms with Crippen LogP contribution in [-0.2, 0) is 0 Å². The molecule has 0 aromatic rings. The zero-order chi connectivity index (χ0) is 8.48. The van der Waals surface area contributed by atoms with Crippen LogP contribution in [0.3, 0.4) is 0 Å². The van der Waals surface area contributed by atoms with Gasteiger partial charge in [0.05, 0.1) is 0 Å². The molecular formula is C7H15N3O. The van der Waals surface area contributed by atoms with Crippen molar-refractivity contribution in [1.82, 2.24) is 10.2 Å². The number of urea groups is 1. The highest BCUT2D eigenvalue weighted by atomic mass is 16.2. The molecule has 0 spiro atoms. The summed E-state index contributed by atoms with van der Waals surface area (Å²) in [7, 11) is 0. The second-order valence-corrected chi connectivity index (χ2v) is 3.57. The molecule has 64 valence electrons. The normalized spacial score (nSPS) is 23.3. The predicted molar refractivity (Wildman–Crippen MR) is 43.2 cm³/mol. The summed E-state index contributed by atoms with van der Waals surface area (Å²) in [6, 6.07) is -0.320. The van der Waals surface area contributed by atoms with Crippen LogP contribution in [-0.4, -0.2) is 36.1 Å². The number of piperazine rings is 1. The van der Waals surface area contributed by atoms with Gasteiger partial charge in [-0.2, -0.15) is 0 Å². The van der Waals surface area contributed by atoms with Crippen molar-refractivity contribution in [3.63, 3.8) is 0 Å². The van der Waals surface area contributed by atoms with Gasteiger partial charge in [0, 0.05) is 25.2 Å².